The van der Waals surface area contributed by atoms with Crippen molar-refractivity contribution in [3.63, 3.8) is 0 Å². The maximum absolute atomic E-state index is 12.3. The smallest absolute Gasteiger partial charge is 0.234 e. The SMILES string of the molecule is C=CCn1c(CSCc2ccc(Cl)cc2)nnc1SCC(=O)Nc1ccc(Br)c(Cl)c1. The van der Waals surface area contributed by atoms with Gasteiger partial charge in [-0.15, -0.1) is 28.5 Å². The lowest BCUT2D eigenvalue weighted by Crippen LogP contribution is -2.14. The first-order chi connectivity index (χ1) is 15.0. The molecule has 0 saturated carbocycles. The number of hydrogen-bond donors (Lipinski definition) is 1. The van der Waals surface area contributed by atoms with Crippen LogP contribution in [0, 0.1) is 0 Å². The van der Waals surface area contributed by atoms with E-state index in [0.29, 0.717) is 28.2 Å². The standard InChI is InChI=1S/C21H19BrCl2N4OS2/c1-2-9-28-19(12-30-11-14-3-5-15(23)6-4-14)26-27-21(28)31-13-20(29)25-16-7-8-17(22)18(24)10-16/h2-8,10H,1,9,11-13H2,(H,25,29). The van der Waals surface area contributed by atoms with Gasteiger partial charge in [-0.1, -0.05) is 53.2 Å². The van der Waals surface area contributed by atoms with Crippen LogP contribution in [0.15, 0.2) is 64.7 Å². The molecule has 0 radical (unpaired) electrons. The minimum atomic E-state index is -0.143. The van der Waals surface area contributed by atoms with Crippen molar-refractivity contribution >= 4 is 74.3 Å². The van der Waals surface area contributed by atoms with Crippen molar-refractivity contribution < 1.29 is 4.79 Å². The van der Waals surface area contributed by atoms with E-state index in [0.717, 1.165) is 21.1 Å². The van der Waals surface area contributed by atoms with Gasteiger partial charge in [0, 0.05) is 27.5 Å². The summed E-state index contributed by atoms with van der Waals surface area (Å²) in [6.07, 6.45) is 1.80. The third-order valence-electron chi connectivity index (χ3n) is 4.05. The molecule has 0 aliphatic rings. The van der Waals surface area contributed by atoms with Gasteiger partial charge in [-0.05, 0) is 51.8 Å². The highest BCUT2D eigenvalue weighted by molar-refractivity contribution is 9.10. The lowest BCUT2D eigenvalue weighted by molar-refractivity contribution is -0.113. The van der Waals surface area contributed by atoms with Crippen LogP contribution >= 0.6 is 62.7 Å². The molecular weight excluding hydrogens is 539 g/mol. The monoisotopic (exact) mass is 556 g/mol. The van der Waals surface area contributed by atoms with Crippen molar-refractivity contribution in [1.29, 1.82) is 0 Å². The number of nitrogens with one attached hydrogen (secondary N) is 1. The van der Waals surface area contributed by atoms with Gasteiger partial charge in [0.1, 0.15) is 5.82 Å². The molecule has 1 aromatic heterocycles. The molecule has 0 aliphatic heterocycles. The largest absolute Gasteiger partial charge is 0.325 e. The molecule has 3 rings (SSSR count). The van der Waals surface area contributed by atoms with Crippen LogP contribution in [0.25, 0.3) is 0 Å². The molecular formula is C21H19BrCl2N4OS2. The number of anilines is 1. The van der Waals surface area contributed by atoms with Crippen LogP contribution < -0.4 is 5.32 Å². The Hall–Kier alpha value is -1.45. The number of benzene rings is 2. The van der Waals surface area contributed by atoms with Crippen molar-refractivity contribution in [2.75, 3.05) is 11.1 Å². The number of thioether (sulfide) groups is 2. The van der Waals surface area contributed by atoms with Gasteiger partial charge >= 0.3 is 0 Å². The van der Waals surface area contributed by atoms with Gasteiger partial charge in [0.05, 0.1) is 16.5 Å². The van der Waals surface area contributed by atoms with Gasteiger partial charge in [-0.25, -0.2) is 0 Å². The lowest BCUT2D eigenvalue weighted by atomic mass is 10.2. The number of hydrogen-bond acceptors (Lipinski definition) is 5. The number of rotatable bonds is 10. The highest BCUT2D eigenvalue weighted by Gasteiger charge is 2.14. The summed E-state index contributed by atoms with van der Waals surface area (Å²) < 4.78 is 2.76. The third-order valence-corrected chi connectivity index (χ3v) is 7.50. The molecule has 31 heavy (non-hydrogen) atoms. The average molecular weight is 558 g/mol. The fourth-order valence-electron chi connectivity index (χ4n) is 2.59. The molecule has 0 aliphatic carbocycles. The normalized spacial score (nSPS) is 10.8. The van der Waals surface area contributed by atoms with Crippen molar-refractivity contribution in [3.8, 4) is 0 Å². The first kappa shape index (κ1) is 24.2. The highest BCUT2D eigenvalue weighted by atomic mass is 79.9. The summed E-state index contributed by atoms with van der Waals surface area (Å²) in [5, 5.41) is 13.4. The maximum Gasteiger partial charge on any atom is 0.234 e. The minimum Gasteiger partial charge on any atom is -0.325 e. The Labute approximate surface area is 208 Å². The Kier molecular flexibility index (Phi) is 9.34. The molecule has 2 aromatic carbocycles. The van der Waals surface area contributed by atoms with Crippen LogP contribution in [0.3, 0.4) is 0 Å². The Morgan fingerprint density at radius 1 is 1.16 bits per heavy atom. The van der Waals surface area contributed by atoms with Crippen LogP contribution in [0.5, 0.6) is 0 Å². The quantitative estimate of drug-likeness (QED) is 0.222. The first-order valence-corrected chi connectivity index (χ1v) is 12.9. The van der Waals surface area contributed by atoms with E-state index >= 15 is 0 Å². The van der Waals surface area contributed by atoms with Gasteiger partial charge < -0.3 is 9.88 Å². The lowest BCUT2D eigenvalue weighted by Gasteiger charge is -2.09. The number of amides is 1. The Bertz CT molecular complexity index is 1060. The second-order valence-corrected chi connectivity index (χ2v) is 10.0. The molecule has 1 amide bonds. The van der Waals surface area contributed by atoms with Gasteiger partial charge in [-0.2, -0.15) is 0 Å². The summed E-state index contributed by atoms with van der Waals surface area (Å²) in [5.41, 5.74) is 1.84. The summed E-state index contributed by atoms with van der Waals surface area (Å²) in [4.78, 5) is 12.3. The molecule has 5 nitrogen and oxygen atoms in total. The van der Waals surface area contributed by atoms with E-state index in [4.69, 9.17) is 23.2 Å². The summed E-state index contributed by atoms with van der Waals surface area (Å²) in [6, 6.07) is 13.1. The molecule has 0 fully saturated rings. The fraction of sp³-hybridized carbons (Fsp3) is 0.190. The summed E-state index contributed by atoms with van der Waals surface area (Å²) in [7, 11) is 0. The molecule has 0 bridgehead atoms. The summed E-state index contributed by atoms with van der Waals surface area (Å²) in [5.74, 6) is 2.46. The third kappa shape index (κ3) is 7.29. The van der Waals surface area contributed by atoms with Crippen molar-refractivity contribution in [2.24, 2.45) is 0 Å². The molecule has 0 unspecified atom stereocenters. The van der Waals surface area contributed by atoms with Crippen LogP contribution in [-0.4, -0.2) is 26.4 Å². The van der Waals surface area contributed by atoms with Crippen molar-refractivity contribution in [3.05, 3.63) is 81.0 Å². The van der Waals surface area contributed by atoms with Crippen LogP contribution in [0.2, 0.25) is 10.0 Å². The molecule has 162 valence electrons. The van der Waals surface area contributed by atoms with Crippen molar-refractivity contribution in [2.45, 2.75) is 23.2 Å². The van der Waals surface area contributed by atoms with E-state index in [1.165, 1.54) is 17.3 Å². The van der Waals surface area contributed by atoms with Crippen molar-refractivity contribution in [1.82, 2.24) is 14.8 Å². The van der Waals surface area contributed by atoms with E-state index < -0.39 is 0 Å². The Morgan fingerprint density at radius 2 is 1.94 bits per heavy atom. The van der Waals surface area contributed by atoms with E-state index in [9.17, 15) is 4.79 Å². The zero-order valence-electron chi connectivity index (χ0n) is 16.4. The Morgan fingerprint density at radius 3 is 2.65 bits per heavy atom. The van der Waals surface area contributed by atoms with Gasteiger partial charge in [-0.3, -0.25) is 4.79 Å². The number of carbonyl (C=O) groups is 1. The zero-order valence-corrected chi connectivity index (χ0v) is 21.1. The topological polar surface area (TPSA) is 59.8 Å². The zero-order chi connectivity index (χ0) is 22.2. The van der Waals surface area contributed by atoms with E-state index in [1.807, 2.05) is 28.8 Å². The van der Waals surface area contributed by atoms with E-state index in [-0.39, 0.29) is 11.7 Å². The minimum absolute atomic E-state index is 0.143. The first-order valence-electron chi connectivity index (χ1n) is 9.19. The molecule has 10 heteroatoms. The van der Waals surface area contributed by atoms with Gasteiger partial charge in [0.15, 0.2) is 5.16 Å². The van der Waals surface area contributed by atoms with Crippen LogP contribution in [-0.2, 0) is 22.8 Å². The number of halogens is 3. The number of nitrogens with zero attached hydrogens (tertiary/aromatic N) is 3. The number of allylic oxidation sites excluding steroid dienone is 1. The molecule has 0 saturated heterocycles. The summed E-state index contributed by atoms with van der Waals surface area (Å²) in [6.45, 7) is 4.40. The Balaban J connectivity index is 1.56. The number of carbonyl (C=O) groups excluding carboxylic acids is 1. The van der Waals surface area contributed by atoms with Gasteiger partial charge in [0.2, 0.25) is 5.91 Å². The fourth-order valence-corrected chi connectivity index (χ4v) is 4.83. The molecule has 0 spiro atoms. The van der Waals surface area contributed by atoms with E-state index in [2.05, 4.69) is 38.0 Å². The average Bonchev–Trinajstić information content (AvgIpc) is 3.13. The maximum atomic E-state index is 12.3. The summed E-state index contributed by atoms with van der Waals surface area (Å²) >= 11 is 18.4. The highest BCUT2D eigenvalue weighted by Crippen LogP contribution is 2.26. The van der Waals surface area contributed by atoms with Crippen LogP contribution in [0.1, 0.15) is 11.4 Å². The van der Waals surface area contributed by atoms with Crippen LogP contribution in [0.4, 0.5) is 5.69 Å². The second-order valence-electron chi connectivity index (χ2n) is 6.38. The predicted molar refractivity (Wildman–Crippen MR) is 135 cm³/mol. The molecule has 1 heterocycles. The number of aromatic nitrogens is 3. The molecule has 3 aromatic rings. The predicted octanol–water partition coefficient (Wildman–Crippen LogP) is 6.70. The van der Waals surface area contributed by atoms with E-state index in [1.54, 1.807) is 36.0 Å². The molecule has 1 N–H and O–H groups in total. The van der Waals surface area contributed by atoms with Gasteiger partial charge in [0.25, 0.3) is 0 Å². The molecule has 0 atom stereocenters. The second kappa shape index (κ2) is 12.0.